The number of hydrazone groups is 1. The Labute approximate surface area is 161 Å². The minimum atomic E-state index is -0.491. The van der Waals surface area contributed by atoms with E-state index in [1.165, 1.54) is 0 Å². The maximum atomic E-state index is 6.27. The molecule has 1 unspecified atom stereocenters. The normalized spacial score (nSPS) is 16.9. The topological polar surface area (TPSA) is 43.6 Å². The Morgan fingerprint density at radius 3 is 2.52 bits per heavy atom. The van der Waals surface area contributed by atoms with Crippen molar-refractivity contribution < 1.29 is 0 Å². The fourth-order valence-electron chi connectivity index (χ4n) is 2.31. The van der Waals surface area contributed by atoms with Crippen LogP contribution in [0.15, 0.2) is 57.8 Å². The summed E-state index contributed by atoms with van der Waals surface area (Å²) in [5, 5.41) is 15.5. The molecule has 0 saturated heterocycles. The van der Waals surface area contributed by atoms with Gasteiger partial charge in [0.15, 0.2) is 6.17 Å². The molecule has 0 N–H and O–H groups in total. The van der Waals surface area contributed by atoms with Crippen molar-refractivity contribution in [3.63, 3.8) is 0 Å². The Hall–Kier alpha value is -2.02. The van der Waals surface area contributed by atoms with E-state index in [4.69, 9.17) is 35.4 Å². The van der Waals surface area contributed by atoms with E-state index in [2.05, 4.69) is 15.3 Å². The van der Waals surface area contributed by atoms with Crippen LogP contribution >= 0.6 is 35.4 Å². The average molecular weight is 392 g/mol. The molecular weight excluding hydrogens is 377 g/mol. The molecule has 0 aliphatic carbocycles. The molecule has 2 aromatic carbocycles. The molecule has 25 heavy (non-hydrogen) atoms. The Kier molecular flexibility index (Phi) is 5.32. The van der Waals surface area contributed by atoms with Crippen LogP contribution in [0, 0.1) is 0 Å². The third-order valence-electron chi connectivity index (χ3n) is 3.66. The van der Waals surface area contributed by atoms with Crippen molar-refractivity contribution in [1.82, 2.24) is 5.01 Å². The van der Waals surface area contributed by atoms with Crippen LogP contribution in [0.4, 0.5) is 5.69 Å². The van der Waals surface area contributed by atoms with E-state index in [1.54, 1.807) is 29.4 Å². The lowest BCUT2D eigenvalue weighted by Gasteiger charge is -2.18. The van der Waals surface area contributed by atoms with Crippen molar-refractivity contribution in [1.29, 1.82) is 0 Å². The number of nitrogens with zero attached hydrogens (tertiary/aromatic N) is 5. The summed E-state index contributed by atoms with van der Waals surface area (Å²) < 4.78 is 0. The van der Waals surface area contributed by atoms with Crippen LogP contribution in [0.2, 0.25) is 10.0 Å². The van der Waals surface area contributed by atoms with Crippen molar-refractivity contribution in [2.24, 2.45) is 15.3 Å². The van der Waals surface area contributed by atoms with Crippen LogP contribution in [0.1, 0.15) is 17.3 Å². The van der Waals surface area contributed by atoms with Crippen molar-refractivity contribution in [2.75, 3.05) is 19.0 Å². The zero-order chi connectivity index (χ0) is 18.0. The molecule has 128 valence electrons. The first kappa shape index (κ1) is 17.8. The van der Waals surface area contributed by atoms with Gasteiger partial charge in [-0.3, -0.25) is 0 Å². The van der Waals surface area contributed by atoms with E-state index in [-0.39, 0.29) is 5.11 Å². The molecule has 0 amide bonds. The van der Waals surface area contributed by atoms with Gasteiger partial charge < -0.3 is 4.90 Å². The first-order chi connectivity index (χ1) is 12.0. The van der Waals surface area contributed by atoms with E-state index in [0.717, 1.165) is 16.8 Å². The summed E-state index contributed by atoms with van der Waals surface area (Å²) in [6.45, 7) is 0. The fraction of sp³-hybridized carbons (Fsp3) is 0.176. The number of halogens is 2. The van der Waals surface area contributed by atoms with E-state index in [1.807, 2.05) is 43.3 Å². The minimum absolute atomic E-state index is 0.289. The van der Waals surface area contributed by atoms with E-state index in [9.17, 15) is 0 Å². The van der Waals surface area contributed by atoms with Crippen LogP contribution in [-0.4, -0.2) is 30.4 Å². The summed E-state index contributed by atoms with van der Waals surface area (Å²) in [6, 6.07) is 13.2. The predicted octanol–water partition coefficient (Wildman–Crippen LogP) is 5.14. The highest BCUT2D eigenvalue weighted by Gasteiger charge is 2.29. The molecule has 0 aromatic heterocycles. The lowest BCUT2D eigenvalue weighted by molar-refractivity contribution is 0.367. The summed E-state index contributed by atoms with van der Waals surface area (Å²) >= 11 is 17.5. The number of hydrogen-bond donors (Lipinski definition) is 0. The van der Waals surface area contributed by atoms with Gasteiger partial charge in [0, 0.05) is 35.4 Å². The molecule has 0 saturated carbocycles. The number of rotatable bonds is 4. The molecule has 0 bridgehead atoms. The maximum Gasteiger partial charge on any atom is 0.238 e. The third-order valence-corrected chi connectivity index (χ3v) is 4.49. The number of thiocarbonyl (C=S) groups is 1. The lowest BCUT2D eigenvalue weighted by Crippen LogP contribution is -2.22. The van der Waals surface area contributed by atoms with Gasteiger partial charge in [-0.1, -0.05) is 41.4 Å². The van der Waals surface area contributed by atoms with Crippen molar-refractivity contribution in [3.8, 4) is 0 Å². The molecule has 0 fully saturated rings. The van der Waals surface area contributed by atoms with Gasteiger partial charge >= 0.3 is 0 Å². The van der Waals surface area contributed by atoms with E-state index < -0.39 is 6.17 Å². The van der Waals surface area contributed by atoms with E-state index >= 15 is 0 Å². The quantitative estimate of drug-likeness (QED) is 0.534. The monoisotopic (exact) mass is 391 g/mol. The summed E-state index contributed by atoms with van der Waals surface area (Å²) in [5.74, 6) is 0. The Bertz CT molecular complexity index is 849. The van der Waals surface area contributed by atoms with Gasteiger partial charge in [-0.15, -0.1) is 5.11 Å². The zero-order valence-corrected chi connectivity index (χ0v) is 15.9. The minimum Gasteiger partial charge on any atom is -0.378 e. The van der Waals surface area contributed by atoms with Crippen molar-refractivity contribution in [3.05, 3.63) is 63.6 Å². The highest BCUT2D eigenvalue weighted by Crippen LogP contribution is 2.34. The largest absolute Gasteiger partial charge is 0.378 e. The molecule has 2 aromatic rings. The van der Waals surface area contributed by atoms with Crippen LogP contribution in [0.25, 0.3) is 0 Å². The molecule has 5 nitrogen and oxygen atoms in total. The molecular formula is C17H15Cl2N5S. The smallest absolute Gasteiger partial charge is 0.238 e. The van der Waals surface area contributed by atoms with Crippen LogP contribution < -0.4 is 4.90 Å². The van der Waals surface area contributed by atoms with E-state index in [0.29, 0.717) is 10.0 Å². The van der Waals surface area contributed by atoms with Gasteiger partial charge in [0.25, 0.3) is 0 Å². The third kappa shape index (κ3) is 3.98. The average Bonchev–Trinajstić information content (AvgIpc) is 2.94. The molecule has 0 spiro atoms. The summed E-state index contributed by atoms with van der Waals surface area (Å²) in [5.41, 5.74) is 2.81. The number of azo groups is 1. The summed E-state index contributed by atoms with van der Waals surface area (Å²) in [7, 11) is 3.99. The standard InChI is InChI=1S/C17H15Cl2N5S/c1-23(2)13-6-3-11(4-7-13)10-20-24-16(21-22-17(24)25)14-8-5-12(18)9-15(14)19/h3-10,16H,1-2H3. The van der Waals surface area contributed by atoms with Crippen LogP contribution in [-0.2, 0) is 0 Å². The maximum absolute atomic E-state index is 6.27. The first-order valence-electron chi connectivity index (χ1n) is 7.46. The number of hydrogen-bond acceptors (Lipinski definition) is 4. The van der Waals surface area contributed by atoms with Crippen LogP contribution in [0.5, 0.6) is 0 Å². The van der Waals surface area contributed by atoms with Crippen molar-refractivity contribution in [2.45, 2.75) is 6.17 Å². The lowest BCUT2D eigenvalue weighted by atomic mass is 10.2. The second kappa shape index (κ2) is 7.47. The summed E-state index contributed by atoms with van der Waals surface area (Å²) in [4.78, 5) is 2.03. The molecule has 1 atom stereocenters. The van der Waals surface area contributed by atoms with Gasteiger partial charge in [0.05, 0.1) is 6.21 Å². The van der Waals surface area contributed by atoms with Gasteiger partial charge in [0.1, 0.15) is 0 Å². The van der Waals surface area contributed by atoms with Gasteiger partial charge in [-0.25, -0.2) is 5.01 Å². The van der Waals surface area contributed by atoms with Gasteiger partial charge in [0.2, 0.25) is 5.11 Å². The zero-order valence-electron chi connectivity index (χ0n) is 13.6. The summed E-state index contributed by atoms with van der Waals surface area (Å²) in [6.07, 6.45) is 1.23. The molecule has 1 heterocycles. The Balaban J connectivity index is 1.83. The Morgan fingerprint density at radius 1 is 1.16 bits per heavy atom. The highest BCUT2D eigenvalue weighted by molar-refractivity contribution is 7.80. The SMILES string of the molecule is CN(C)c1ccc(C=NN2C(=S)N=NC2c2ccc(Cl)cc2Cl)cc1. The fourth-order valence-corrected chi connectivity index (χ4v) is 3.01. The number of anilines is 1. The molecule has 1 aliphatic heterocycles. The molecule has 1 aliphatic rings. The van der Waals surface area contributed by atoms with Crippen LogP contribution in [0.3, 0.4) is 0 Å². The second-order valence-corrected chi connectivity index (χ2v) is 6.82. The molecule has 0 radical (unpaired) electrons. The van der Waals surface area contributed by atoms with Gasteiger partial charge in [-0.05, 0) is 42.0 Å². The molecule has 3 rings (SSSR count). The molecule has 8 heteroatoms. The second-order valence-electron chi connectivity index (χ2n) is 5.61. The predicted molar refractivity (Wildman–Crippen MR) is 107 cm³/mol. The first-order valence-corrected chi connectivity index (χ1v) is 8.62. The van der Waals surface area contributed by atoms with Gasteiger partial charge in [-0.2, -0.15) is 10.2 Å². The Morgan fingerprint density at radius 2 is 1.88 bits per heavy atom. The van der Waals surface area contributed by atoms with Crippen molar-refractivity contribution >= 4 is 52.4 Å². The highest BCUT2D eigenvalue weighted by atomic mass is 35.5. The number of benzene rings is 2.